The van der Waals surface area contributed by atoms with Crippen molar-refractivity contribution in [3.8, 4) is 0 Å². The van der Waals surface area contributed by atoms with E-state index in [1.165, 1.54) is 6.42 Å². The summed E-state index contributed by atoms with van der Waals surface area (Å²) < 4.78 is 14.3. The number of nitrogens with zero attached hydrogens (tertiary/aromatic N) is 1. The molecule has 2 nitrogen and oxygen atoms in total. The van der Waals surface area contributed by atoms with Crippen LogP contribution in [0.15, 0.2) is 12.1 Å². The van der Waals surface area contributed by atoms with Gasteiger partial charge in [0, 0.05) is 18.7 Å². The number of nitrogens with two attached hydrogens (primary N) is 1. The molecule has 2 N–H and O–H groups in total. The summed E-state index contributed by atoms with van der Waals surface area (Å²) >= 11 is 1.98. The number of hydrogen-bond donors (Lipinski definition) is 1. The number of rotatable bonds is 1. The fourth-order valence-corrected chi connectivity index (χ4v) is 3.32. The van der Waals surface area contributed by atoms with Gasteiger partial charge in [0.2, 0.25) is 0 Å². The van der Waals surface area contributed by atoms with Crippen LogP contribution < -0.4 is 10.6 Å². The molecule has 0 aliphatic carbocycles. The molecule has 3 unspecified atom stereocenters. The molecule has 1 aromatic rings. The number of halogens is 2. The van der Waals surface area contributed by atoms with Gasteiger partial charge >= 0.3 is 0 Å². The molecule has 0 radical (unpaired) electrons. The second-order valence-corrected chi connectivity index (χ2v) is 6.70. The van der Waals surface area contributed by atoms with E-state index in [2.05, 4.69) is 25.7 Å². The number of benzene rings is 1. The molecule has 100 valence electrons. The second kappa shape index (κ2) is 5.23. The summed E-state index contributed by atoms with van der Waals surface area (Å²) in [6.45, 7) is 7.66. The van der Waals surface area contributed by atoms with Gasteiger partial charge in [0.05, 0.1) is 14.9 Å². The van der Waals surface area contributed by atoms with Gasteiger partial charge in [-0.2, -0.15) is 0 Å². The van der Waals surface area contributed by atoms with E-state index in [4.69, 9.17) is 5.73 Å². The third-order valence-electron chi connectivity index (χ3n) is 3.98. The van der Waals surface area contributed by atoms with Crippen LogP contribution >= 0.6 is 22.6 Å². The van der Waals surface area contributed by atoms with Crippen molar-refractivity contribution in [2.45, 2.75) is 33.2 Å². The van der Waals surface area contributed by atoms with Gasteiger partial charge in [0.25, 0.3) is 0 Å². The fourth-order valence-electron chi connectivity index (χ4n) is 2.83. The van der Waals surface area contributed by atoms with Gasteiger partial charge in [-0.05, 0) is 53.8 Å². The molecule has 3 atom stereocenters. The molecule has 1 aromatic carbocycles. The molecule has 0 bridgehead atoms. The molecule has 2 rings (SSSR count). The second-order valence-electron chi connectivity index (χ2n) is 5.54. The standard InChI is InChI=1S/C14H20FIN2/c1-8-4-9(2)10(3)18(7-8)14-5-11(15)12(16)6-13(14)17/h5-6,8-10H,4,7,17H2,1-3H3. The molecule has 0 aromatic heterocycles. The average Bonchev–Trinajstić information content (AvgIpc) is 2.29. The molecule has 18 heavy (non-hydrogen) atoms. The predicted molar refractivity (Wildman–Crippen MR) is 83.3 cm³/mol. The van der Waals surface area contributed by atoms with Crippen molar-refractivity contribution in [3.05, 3.63) is 21.5 Å². The van der Waals surface area contributed by atoms with Crippen LogP contribution in [0.3, 0.4) is 0 Å². The maximum absolute atomic E-state index is 13.7. The molecule has 0 amide bonds. The molecular formula is C14H20FIN2. The topological polar surface area (TPSA) is 29.3 Å². The molecule has 1 aliphatic heterocycles. The highest BCUT2D eigenvalue weighted by Gasteiger charge is 2.30. The Balaban J connectivity index is 2.38. The van der Waals surface area contributed by atoms with Crippen molar-refractivity contribution in [1.29, 1.82) is 0 Å². The minimum Gasteiger partial charge on any atom is -0.397 e. The molecular weight excluding hydrogens is 342 g/mol. The zero-order valence-electron chi connectivity index (χ0n) is 11.1. The van der Waals surface area contributed by atoms with Gasteiger partial charge in [0.15, 0.2) is 0 Å². The molecule has 4 heteroatoms. The van der Waals surface area contributed by atoms with Gasteiger partial charge in [0.1, 0.15) is 5.82 Å². The van der Waals surface area contributed by atoms with Crippen LogP contribution in [0.25, 0.3) is 0 Å². The minimum absolute atomic E-state index is 0.183. The Bertz CT molecular complexity index is 450. The van der Waals surface area contributed by atoms with Crippen molar-refractivity contribution in [1.82, 2.24) is 0 Å². The lowest BCUT2D eigenvalue weighted by Gasteiger charge is -2.43. The Kier molecular flexibility index (Phi) is 4.04. The lowest BCUT2D eigenvalue weighted by atomic mass is 9.85. The van der Waals surface area contributed by atoms with E-state index >= 15 is 0 Å². The highest BCUT2D eigenvalue weighted by molar-refractivity contribution is 14.1. The minimum atomic E-state index is -0.183. The third kappa shape index (κ3) is 2.58. The number of hydrogen-bond acceptors (Lipinski definition) is 2. The number of anilines is 2. The number of nitrogen functional groups attached to an aromatic ring is 1. The summed E-state index contributed by atoms with van der Waals surface area (Å²) in [7, 11) is 0. The van der Waals surface area contributed by atoms with Crippen molar-refractivity contribution in [2.24, 2.45) is 11.8 Å². The predicted octanol–water partition coefficient (Wildman–Crippen LogP) is 3.88. The first-order valence-electron chi connectivity index (χ1n) is 6.41. The Hall–Kier alpha value is -0.520. The SMILES string of the molecule is CC1CC(C)C(C)N(c2cc(F)c(I)cc2N)C1. The van der Waals surface area contributed by atoms with Crippen LogP contribution in [0.5, 0.6) is 0 Å². The maximum Gasteiger partial charge on any atom is 0.138 e. The first-order valence-corrected chi connectivity index (χ1v) is 7.49. The Labute approximate surface area is 122 Å². The van der Waals surface area contributed by atoms with Gasteiger partial charge in [-0.3, -0.25) is 0 Å². The quantitative estimate of drug-likeness (QED) is 0.607. The van der Waals surface area contributed by atoms with Crippen LogP contribution in [-0.2, 0) is 0 Å². The first kappa shape index (κ1) is 13.9. The molecule has 1 aliphatic rings. The Morgan fingerprint density at radius 2 is 2.00 bits per heavy atom. The summed E-state index contributed by atoms with van der Waals surface area (Å²) in [5.74, 6) is 1.05. The molecule has 1 heterocycles. The molecule has 1 saturated heterocycles. The van der Waals surface area contributed by atoms with Crippen LogP contribution in [0, 0.1) is 21.2 Å². The maximum atomic E-state index is 13.7. The van der Waals surface area contributed by atoms with Crippen molar-refractivity contribution < 1.29 is 4.39 Å². The Morgan fingerprint density at radius 3 is 2.67 bits per heavy atom. The summed E-state index contributed by atoms with van der Waals surface area (Å²) in [6.07, 6.45) is 1.23. The lowest BCUT2D eigenvalue weighted by molar-refractivity contribution is 0.297. The van der Waals surface area contributed by atoms with E-state index in [-0.39, 0.29) is 5.82 Å². The van der Waals surface area contributed by atoms with Crippen LogP contribution in [0.2, 0.25) is 0 Å². The lowest BCUT2D eigenvalue weighted by Crippen LogP contribution is -2.46. The summed E-state index contributed by atoms with van der Waals surface area (Å²) in [5.41, 5.74) is 7.58. The van der Waals surface area contributed by atoms with Gasteiger partial charge in [-0.15, -0.1) is 0 Å². The van der Waals surface area contributed by atoms with Crippen molar-refractivity contribution >= 4 is 34.0 Å². The van der Waals surface area contributed by atoms with Gasteiger partial charge in [-0.1, -0.05) is 13.8 Å². The number of piperidine rings is 1. The van der Waals surface area contributed by atoms with E-state index < -0.39 is 0 Å². The van der Waals surface area contributed by atoms with Gasteiger partial charge in [-0.25, -0.2) is 4.39 Å². The third-order valence-corrected chi connectivity index (χ3v) is 4.80. The van der Waals surface area contributed by atoms with E-state index in [9.17, 15) is 4.39 Å². The zero-order valence-corrected chi connectivity index (χ0v) is 13.2. The van der Waals surface area contributed by atoms with Crippen molar-refractivity contribution in [3.63, 3.8) is 0 Å². The monoisotopic (exact) mass is 362 g/mol. The summed E-state index contributed by atoms with van der Waals surface area (Å²) in [6, 6.07) is 3.71. The van der Waals surface area contributed by atoms with E-state index in [0.717, 1.165) is 12.2 Å². The summed E-state index contributed by atoms with van der Waals surface area (Å²) in [5, 5.41) is 0. The fraction of sp³-hybridized carbons (Fsp3) is 0.571. The van der Waals surface area contributed by atoms with Crippen LogP contribution in [-0.4, -0.2) is 12.6 Å². The molecule has 1 fully saturated rings. The smallest absolute Gasteiger partial charge is 0.138 e. The van der Waals surface area contributed by atoms with E-state index in [1.54, 1.807) is 12.1 Å². The summed E-state index contributed by atoms with van der Waals surface area (Å²) in [4.78, 5) is 2.26. The van der Waals surface area contributed by atoms with Crippen LogP contribution in [0.1, 0.15) is 27.2 Å². The Morgan fingerprint density at radius 1 is 1.33 bits per heavy atom. The highest BCUT2D eigenvalue weighted by atomic mass is 127. The van der Waals surface area contributed by atoms with Gasteiger partial charge < -0.3 is 10.6 Å². The van der Waals surface area contributed by atoms with E-state index in [0.29, 0.717) is 27.1 Å². The largest absolute Gasteiger partial charge is 0.397 e. The van der Waals surface area contributed by atoms with Crippen molar-refractivity contribution in [2.75, 3.05) is 17.2 Å². The first-order chi connectivity index (χ1) is 8.40. The molecule has 0 spiro atoms. The zero-order chi connectivity index (χ0) is 13.4. The highest BCUT2D eigenvalue weighted by Crippen LogP contribution is 2.35. The average molecular weight is 362 g/mol. The van der Waals surface area contributed by atoms with Crippen LogP contribution in [0.4, 0.5) is 15.8 Å². The van der Waals surface area contributed by atoms with E-state index in [1.807, 2.05) is 22.6 Å². The normalized spacial score (nSPS) is 28.5. The molecule has 0 saturated carbocycles.